The van der Waals surface area contributed by atoms with Crippen LogP contribution in [0.1, 0.15) is 35.2 Å². The van der Waals surface area contributed by atoms with E-state index in [1.165, 1.54) is 18.2 Å². The summed E-state index contributed by atoms with van der Waals surface area (Å²) in [4.78, 5) is 11.9. The Kier molecular flexibility index (Phi) is 4.68. The Balaban J connectivity index is 1.90. The third-order valence-electron chi connectivity index (χ3n) is 4.55. The molecule has 0 aliphatic carbocycles. The summed E-state index contributed by atoms with van der Waals surface area (Å²) in [5.74, 6) is -1.20. The van der Waals surface area contributed by atoms with Gasteiger partial charge in [-0.1, -0.05) is 18.2 Å². The van der Waals surface area contributed by atoms with Crippen LogP contribution in [0, 0.1) is 25.5 Å². The third kappa shape index (κ3) is 3.46. The van der Waals surface area contributed by atoms with Crippen molar-refractivity contribution in [1.29, 1.82) is 0 Å². The lowest BCUT2D eigenvalue weighted by Gasteiger charge is -2.16. The topological polar surface area (TPSA) is 42.2 Å². The molecular formula is C20H19F2NO2. The molecule has 3 nitrogen and oxygen atoms in total. The molecule has 2 aromatic carbocycles. The van der Waals surface area contributed by atoms with E-state index in [-0.39, 0.29) is 6.04 Å². The number of halogens is 2. The molecule has 0 saturated carbocycles. The highest BCUT2D eigenvalue weighted by molar-refractivity contribution is 5.83. The smallest absolute Gasteiger partial charge is 0.336 e. The molecule has 25 heavy (non-hydrogen) atoms. The molecule has 130 valence electrons. The van der Waals surface area contributed by atoms with Crippen molar-refractivity contribution < 1.29 is 13.2 Å². The average molecular weight is 343 g/mol. The highest BCUT2D eigenvalue weighted by Crippen LogP contribution is 2.24. The zero-order chi connectivity index (χ0) is 18.1. The van der Waals surface area contributed by atoms with Crippen molar-refractivity contribution in [3.63, 3.8) is 0 Å². The van der Waals surface area contributed by atoms with Gasteiger partial charge in [-0.05, 0) is 43.5 Å². The second-order valence-corrected chi connectivity index (χ2v) is 6.24. The van der Waals surface area contributed by atoms with E-state index >= 15 is 0 Å². The largest absolute Gasteiger partial charge is 0.422 e. The van der Waals surface area contributed by atoms with Crippen LogP contribution in [-0.2, 0) is 6.54 Å². The summed E-state index contributed by atoms with van der Waals surface area (Å²) in [6.45, 7) is 6.02. The monoisotopic (exact) mass is 343 g/mol. The SMILES string of the molecule is Cc1ccc2c(CN[C@@H](C)c3ccc(F)cc3F)cc(=O)oc2c1C. The van der Waals surface area contributed by atoms with Gasteiger partial charge in [-0.2, -0.15) is 0 Å². The van der Waals surface area contributed by atoms with Crippen molar-refractivity contribution >= 4 is 11.0 Å². The molecule has 3 rings (SSSR count). The molecule has 1 aromatic heterocycles. The van der Waals surface area contributed by atoms with Crippen molar-refractivity contribution in [2.24, 2.45) is 0 Å². The van der Waals surface area contributed by atoms with Crippen LogP contribution in [0.4, 0.5) is 8.78 Å². The number of hydrogen-bond donors (Lipinski definition) is 1. The van der Waals surface area contributed by atoms with Crippen LogP contribution in [0.2, 0.25) is 0 Å². The molecule has 0 amide bonds. The van der Waals surface area contributed by atoms with Gasteiger partial charge in [-0.25, -0.2) is 13.6 Å². The van der Waals surface area contributed by atoms with Gasteiger partial charge in [0.1, 0.15) is 17.2 Å². The Morgan fingerprint density at radius 2 is 1.88 bits per heavy atom. The molecule has 1 N–H and O–H groups in total. The van der Waals surface area contributed by atoms with E-state index in [2.05, 4.69) is 5.32 Å². The highest BCUT2D eigenvalue weighted by atomic mass is 19.1. The van der Waals surface area contributed by atoms with E-state index in [4.69, 9.17) is 4.42 Å². The first-order valence-corrected chi connectivity index (χ1v) is 8.08. The molecule has 0 aliphatic heterocycles. The second-order valence-electron chi connectivity index (χ2n) is 6.24. The van der Waals surface area contributed by atoms with Gasteiger partial charge in [0, 0.05) is 35.7 Å². The van der Waals surface area contributed by atoms with Crippen LogP contribution in [-0.4, -0.2) is 0 Å². The minimum Gasteiger partial charge on any atom is -0.422 e. The molecule has 0 fully saturated rings. The van der Waals surface area contributed by atoms with Crippen molar-refractivity contribution in [2.45, 2.75) is 33.4 Å². The van der Waals surface area contributed by atoms with E-state index < -0.39 is 17.3 Å². The summed E-state index contributed by atoms with van der Waals surface area (Å²) < 4.78 is 32.3. The molecule has 0 bridgehead atoms. The van der Waals surface area contributed by atoms with Crippen LogP contribution in [0.5, 0.6) is 0 Å². The Labute approximate surface area is 144 Å². The van der Waals surface area contributed by atoms with Crippen LogP contribution >= 0.6 is 0 Å². The minimum absolute atomic E-state index is 0.338. The first kappa shape index (κ1) is 17.3. The van der Waals surface area contributed by atoms with Crippen molar-refractivity contribution in [1.82, 2.24) is 5.32 Å². The van der Waals surface area contributed by atoms with Crippen molar-refractivity contribution in [3.8, 4) is 0 Å². The molecule has 1 heterocycles. The summed E-state index contributed by atoms with van der Waals surface area (Å²) in [5.41, 5.74) is 3.28. The zero-order valence-corrected chi connectivity index (χ0v) is 14.3. The maximum atomic E-state index is 13.9. The summed E-state index contributed by atoms with van der Waals surface area (Å²) in [6, 6.07) is 8.52. The number of rotatable bonds is 4. The number of benzene rings is 2. The normalized spacial score (nSPS) is 12.5. The Morgan fingerprint density at radius 3 is 2.60 bits per heavy atom. The van der Waals surface area contributed by atoms with Gasteiger partial charge < -0.3 is 9.73 Å². The van der Waals surface area contributed by atoms with Gasteiger partial charge in [0.05, 0.1) is 0 Å². The molecule has 3 aromatic rings. The van der Waals surface area contributed by atoms with Gasteiger partial charge in [0.25, 0.3) is 0 Å². The molecular weight excluding hydrogens is 324 g/mol. The molecule has 1 atom stereocenters. The van der Waals surface area contributed by atoms with Crippen LogP contribution < -0.4 is 10.9 Å². The van der Waals surface area contributed by atoms with Crippen molar-refractivity contribution in [2.75, 3.05) is 0 Å². The van der Waals surface area contributed by atoms with Gasteiger partial charge in [0.15, 0.2) is 0 Å². The predicted molar refractivity (Wildman–Crippen MR) is 93.6 cm³/mol. The minimum atomic E-state index is -0.606. The molecule has 0 aliphatic rings. The summed E-state index contributed by atoms with van der Waals surface area (Å²) in [6.07, 6.45) is 0. The van der Waals surface area contributed by atoms with Gasteiger partial charge in [-0.3, -0.25) is 0 Å². The van der Waals surface area contributed by atoms with Gasteiger partial charge in [-0.15, -0.1) is 0 Å². The maximum absolute atomic E-state index is 13.9. The number of nitrogens with one attached hydrogen (secondary N) is 1. The summed E-state index contributed by atoms with van der Waals surface area (Å²) >= 11 is 0. The van der Waals surface area contributed by atoms with Crippen molar-refractivity contribution in [3.05, 3.63) is 80.7 Å². The second kappa shape index (κ2) is 6.76. The molecule has 0 unspecified atom stereocenters. The number of aryl methyl sites for hydroxylation is 2. The quantitative estimate of drug-likeness (QED) is 0.707. The van der Waals surface area contributed by atoms with E-state index in [1.807, 2.05) is 26.0 Å². The fourth-order valence-corrected chi connectivity index (χ4v) is 2.90. The summed E-state index contributed by atoms with van der Waals surface area (Å²) in [5, 5.41) is 4.03. The fourth-order valence-electron chi connectivity index (χ4n) is 2.90. The van der Waals surface area contributed by atoms with Crippen LogP contribution in [0.3, 0.4) is 0 Å². The maximum Gasteiger partial charge on any atom is 0.336 e. The average Bonchev–Trinajstić information content (AvgIpc) is 2.56. The molecule has 0 radical (unpaired) electrons. The van der Waals surface area contributed by atoms with E-state index in [9.17, 15) is 13.6 Å². The summed E-state index contributed by atoms with van der Waals surface area (Å²) in [7, 11) is 0. The molecule has 5 heteroatoms. The standard InChI is InChI=1S/C20H19F2NO2/c1-11-4-6-17-14(8-19(24)25-20(17)12(11)2)10-23-13(3)16-7-5-15(21)9-18(16)22/h4-9,13,23H,10H2,1-3H3/t13-/m0/s1. The molecule has 0 saturated heterocycles. The van der Waals surface area contributed by atoms with Gasteiger partial charge in [0.2, 0.25) is 0 Å². The van der Waals surface area contributed by atoms with Crippen LogP contribution in [0.25, 0.3) is 11.0 Å². The Bertz CT molecular complexity index is 995. The Hall–Kier alpha value is -2.53. The van der Waals surface area contributed by atoms with E-state index in [0.717, 1.165) is 28.1 Å². The predicted octanol–water partition coefficient (Wildman–Crippen LogP) is 4.54. The first-order valence-electron chi connectivity index (χ1n) is 8.08. The highest BCUT2D eigenvalue weighted by Gasteiger charge is 2.14. The number of fused-ring (bicyclic) bond motifs is 1. The lowest BCUT2D eigenvalue weighted by molar-refractivity contribution is 0.514. The fraction of sp³-hybridized carbons (Fsp3) is 0.250. The van der Waals surface area contributed by atoms with E-state index in [0.29, 0.717) is 17.7 Å². The molecule has 0 spiro atoms. The zero-order valence-electron chi connectivity index (χ0n) is 14.3. The third-order valence-corrected chi connectivity index (χ3v) is 4.55. The van der Waals surface area contributed by atoms with E-state index in [1.54, 1.807) is 6.92 Å². The lowest BCUT2D eigenvalue weighted by Crippen LogP contribution is -2.20. The number of hydrogen-bond acceptors (Lipinski definition) is 3. The lowest BCUT2D eigenvalue weighted by atomic mass is 10.0. The Morgan fingerprint density at radius 1 is 1.12 bits per heavy atom. The van der Waals surface area contributed by atoms with Gasteiger partial charge >= 0.3 is 5.63 Å². The van der Waals surface area contributed by atoms with Crippen LogP contribution in [0.15, 0.2) is 45.6 Å². The first-order chi connectivity index (χ1) is 11.9.